The average Bonchev–Trinajstić information content (AvgIpc) is 2.59. The molecule has 0 aromatic carbocycles. The van der Waals surface area contributed by atoms with Gasteiger partial charge in [-0.3, -0.25) is 0 Å². The molecule has 2 rings (SSSR count). The number of rotatable bonds is 5. The molecule has 2 aliphatic heterocycles. The molecule has 1 saturated heterocycles. The van der Waals surface area contributed by atoms with Gasteiger partial charge in [-0.2, -0.15) is 0 Å². The Morgan fingerprint density at radius 2 is 1.35 bits per heavy atom. The van der Waals surface area contributed by atoms with Crippen molar-refractivity contribution in [2.24, 2.45) is 0 Å². The van der Waals surface area contributed by atoms with E-state index >= 15 is 0 Å². The molecule has 0 saturated carbocycles. The minimum atomic E-state index is -1.76. The van der Waals surface area contributed by atoms with Crippen molar-refractivity contribution < 1.29 is 22.9 Å². The summed E-state index contributed by atoms with van der Waals surface area (Å²) in [6, 6.07) is 0. The fourth-order valence-electron chi connectivity index (χ4n) is 3.02. The van der Waals surface area contributed by atoms with Gasteiger partial charge < -0.3 is 22.9 Å². The molecule has 26 heavy (non-hydrogen) atoms. The Hall–Kier alpha value is -0.121. The Bertz CT molecular complexity index is 535. The van der Waals surface area contributed by atoms with Crippen LogP contribution < -0.4 is 0 Å². The van der Waals surface area contributed by atoms with Crippen LogP contribution in [0.15, 0.2) is 11.7 Å². The van der Waals surface area contributed by atoms with Gasteiger partial charge in [-0.1, -0.05) is 0 Å². The lowest BCUT2D eigenvalue weighted by atomic mass is 9.83. The molecular formula is C18H37BO5Si2. The maximum absolute atomic E-state index is 6.47. The van der Waals surface area contributed by atoms with E-state index in [-0.39, 0.29) is 18.3 Å². The van der Waals surface area contributed by atoms with Crippen molar-refractivity contribution in [1.29, 1.82) is 0 Å². The highest BCUT2D eigenvalue weighted by atomic mass is 28.4. The minimum Gasteiger partial charge on any atom is -0.496 e. The molecule has 0 amide bonds. The summed E-state index contributed by atoms with van der Waals surface area (Å²) in [6.07, 6.45) is 1.64. The number of ether oxygens (including phenoxy) is 1. The van der Waals surface area contributed by atoms with Crippen molar-refractivity contribution >= 4 is 23.8 Å². The van der Waals surface area contributed by atoms with E-state index in [1.807, 2.05) is 40.7 Å². The summed E-state index contributed by atoms with van der Waals surface area (Å²) in [7, 11) is -4.01. The second kappa shape index (κ2) is 7.04. The lowest BCUT2D eigenvalue weighted by Gasteiger charge is -2.41. The summed E-state index contributed by atoms with van der Waals surface area (Å²) in [5.41, 5.74) is -0.0903. The highest BCUT2D eigenvalue weighted by Crippen LogP contribution is 2.40. The summed E-state index contributed by atoms with van der Waals surface area (Å²) in [4.78, 5) is 0. The number of hydrogen-bond acceptors (Lipinski definition) is 5. The molecule has 2 aliphatic rings. The number of hydrogen-bond donors (Lipinski definition) is 0. The molecule has 8 heteroatoms. The smallest absolute Gasteiger partial charge is 0.496 e. The van der Waals surface area contributed by atoms with Gasteiger partial charge in [-0.05, 0) is 80.0 Å². The maximum Gasteiger partial charge on any atom is 0.531 e. The van der Waals surface area contributed by atoms with Gasteiger partial charge in [0.2, 0.25) is 0 Å². The molecule has 0 aliphatic carbocycles. The molecule has 0 bridgehead atoms. The van der Waals surface area contributed by atoms with Crippen molar-refractivity contribution in [3.05, 3.63) is 11.7 Å². The van der Waals surface area contributed by atoms with E-state index in [4.69, 9.17) is 22.9 Å². The van der Waals surface area contributed by atoms with Crippen LogP contribution in [0.4, 0.5) is 0 Å². The predicted molar refractivity (Wildman–Crippen MR) is 111 cm³/mol. The Morgan fingerprint density at radius 1 is 0.885 bits per heavy atom. The average molecular weight is 400 g/mol. The summed E-state index contributed by atoms with van der Waals surface area (Å²) >= 11 is 0. The van der Waals surface area contributed by atoms with Crippen molar-refractivity contribution in [1.82, 2.24) is 0 Å². The largest absolute Gasteiger partial charge is 0.531 e. The summed E-state index contributed by atoms with van der Waals surface area (Å²) in [5, 5.41) is 0. The Labute approximate surface area is 162 Å². The Morgan fingerprint density at radius 3 is 1.77 bits per heavy atom. The fraction of sp³-hybridized carbons (Fsp3) is 0.889. The Kier molecular flexibility index (Phi) is 6.01. The fourth-order valence-corrected chi connectivity index (χ4v) is 5.18. The molecule has 0 aromatic heterocycles. The SMILES string of the molecule is C[C@@H]1OC(B2OC(C)(C)C(C)(C)O2)=C[C@H](O[Si](C)(C)C)[C@@H]1O[Si](C)(C)C. The van der Waals surface area contributed by atoms with Crippen molar-refractivity contribution in [3.63, 3.8) is 0 Å². The van der Waals surface area contributed by atoms with Crippen LogP contribution in [0.25, 0.3) is 0 Å². The molecule has 150 valence electrons. The predicted octanol–water partition coefficient (Wildman–Crippen LogP) is 4.36. The molecule has 0 unspecified atom stereocenters. The maximum atomic E-state index is 6.47. The molecule has 0 spiro atoms. The lowest BCUT2D eigenvalue weighted by Crippen LogP contribution is -2.52. The monoisotopic (exact) mass is 400 g/mol. The van der Waals surface area contributed by atoms with E-state index in [0.29, 0.717) is 5.66 Å². The first kappa shape index (κ1) is 22.2. The molecule has 3 atom stereocenters. The molecule has 2 heterocycles. The van der Waals surface area contributed by atoms with Gasteiger partial charge in [0.1, 0.15) is 17.9 Å². The molecule has 0 N–H and O–H groups in total. The van der Waals surface area contributed by atoms with Gasteiger partial charge >= 0.3 is 7.12 Å². The van der Waals surface area contributed by atoms with Crippen LogP contribution in [0.1, 0.15) is 34.6 Å². The van der Waals surface area contributed by atoms with E-state index in [9.17, 15) is 0 Å². The van der Waals surface area contributed by atoms with Crippen LogP contribution >= 0.6 is 0 Å². The van der Waals surface area contributed by atoms with Gasteiger partial charge in [-0.25, -0.2) is 0 Å². The first-order valence-corrected chi connectivity index (χ1v) is 16.4. The zero-order chi connectivity index (χ0) is 20.1. The highest BCUT2D eigenvalue weighted by Gasteiger charge is 2.55. The molecule has 0 radical (unpaired) electrons. The molecule has 5 nitrogen and oxygen atoms in total. The molecular weight excluding hydrogens is 363 g/mol. The van der Waals surface area contributed by atoms with Crippen molar-refractivity contribution in [3.8, 4) is 0 Å². The zero-order valence-corrected chi connectivity index (χ0v) is 20.4. The van der Waals surface area contributed by atoms with E-state index < -0.39 is 35.0 Å². The van der Waals surface area contributed by atoms with E-state index in [0.717, 1.165) is 0 Å². The van der Waals surface area contributed by atoms with Crippen LogP contribution in [0.2, 0.25) is 39.3 Å². The van der Waals surface area contributed by atoms with E-state index in [1.54, 1.807) is 0 Å². The molecule has 1 fully saturated rings. The van der Waals surface area contributed by atoms with Crippen LogP contribution in [0.5, 0.6) is 0 Å². The topological polar surface area (TPSA) is 46.2 Å². The summed E-state index contributed by atoms with van der Waals surface area (Å²) in [5.74, 6) is 0. The second-order valence-electron chi connectivity index (χ2n) is 10.4. The third-order valence-corrected chi connectivity index (χ3v) is 6.86. The van der Waals surface area contributed by atoms with Gasteiger partial charge in [0.25, 0.3) is 0 Å². The quantitative estimate of drug-likeness (QED) is 0.642. The van der Waals surface area contributed by atoms with Crippen LogP contribution in [-0.2, 0) is 22.9 Å². The van der Waals surface area contributed by atoms with Crippen molar-refractivity contribution in [2.45, 2.75) is 103 Å². The second-order valence-corrected chi connectivity index (χ2v) is 19.3. The van der Waals surface area contributed by atoms with Gasteiger partial charge in [0.15, 0.2) is 16.6 Å². The minimum absolute atomic E-state index is 0.112. The highest BCUT2D eigenvalue weighted by molar-refractivity contribution is 6.70. The summed E-state index contributed by atoms with van der Waals surface area (Å²) in [6.45, 7) is 23.4. The standard InChI is InChI=1S/C18H37BO5Si2/c1-13-16(22-26(9,10)11)14(21-25(6,7)8)12-15(20-13)19-23-17(2,3)18(4,5)24-19/h12-14,16H,1-11H3/t13-,14-,16+/m0/s1. The third kappa shape index (κ3) is 5.23. The van der Waals surface area contributed by atoms with Gasteiger partial charge in [0.05, 0.1) is 17.3 Å². The third-order valence-electron chi connectivity index (χ3n) is 4.90. The van der Waals surface area contributed by atoms with Crippen LogP contribution in [0, 0.1) is 0 Å². The van der Waals surface area contributed by atoms with E-state index in [1.165, 1.54) is 0 Å². The van der Waals surface area contributed by atoms with Gasteiger partial charge in [-0.15, -0.1) is 0 Å². The first-order chi connectivity index (χ1) is 11.5. The first-order valence-electron chi connectivity index (χ1n) is 9.60. The lowest BCUT2D eigenvalue weighted by molar-refractivity contribution is -0.0460. The van der Waals surface area contributed by atoms with Crippen LogP contribution in [-0.4, -0.2) is 53.3 Å². The van der Waals surface area contributed by atoms with Crippen molar-refractivity contribution in [2.75, 3.05) is 0 Å². The summed E-state index contributed by atoms with van der Waals surface area (Å²) < 4.78 is 31.5. The zero-order valence-electron chi connectivity index (χ0n) is 18.4. The van der Waals surface area contributed by atoms with Crippen LogP contribution in [0.3, 0.4) is 0 Å². The van der Waals surface area contributed by atoms with E-state index in [2.05, 4.69) is 39.3 Å². The normalized spacial score (nSPS) is 31.6. The molecule has 0 aromatic rings. The Balaban J connectivity index is 2.30. The van der Waals surface area contributed by atoms with Gasteiger partial charge in [0, 0.05) is 0 Å².